The van der Waals surface area contributed by atoms with Gasteiger partial charge in [0.15, 0.2) is 0 Å². The molecule has 0 fully saturated rings. The molecular weight excluding hydrogens is 475 g/mol. The van der Waals surface area contributed by atoms with Gasteiger partial charge in [-0.25, -0.2) is 0 Å². The van der Waals surface area contributed by atoms with Gasteiger partial charge in [0.2, 0.25) is 11.8 Å². The summed E-state index contributed by atoms with van der Waals surface area (Å²) in [5.74, 6) is 1.58. The number of benzene rings is 2. The van der Waals surface area contributed by atoms with Gasteiger partial charge in [-0.2, -0.15) is 0 Å². The highest BCUT2D eigenvalue weighted by atomic mass is 35.5. The molecule has 186 valence electrons. The average molecular weight is 509 g/mol. The molecule has 2 amide bonds. The van der Waals surface area contributed by atoms with Gasteiger partial charge in [-0.15, -0.1) is 0 Å². The summed E-state index contributed by atoms with van der Waals surface area (Å²) in [5, 5.41) is 7.07. The summed E-state index contributed by atoms with van der Waals surface area (Å²) >= 11 is 11.7. The van der Waals surface area contributed by atoms with Crippen molar-refractivity contribution in [1.29, 1.82) is 0 Å². The zero-order valence-corrected chi connectivity index (χ0v) is 21.0. The maximum Gasteiger partial charge on any atom is 0.220 e. The van der Waals surface area contributed by atoms with E-state index in [9.17, 15) is 9.59 Å². The van der Waals surface area contributed by atoms with Crippen LogP contribution in [0, 0.1) is 0 Å². The molecule has 0 saturated heterocycles. The largest absolute Gasteiger partial charge is 0.492 e. The molecule has 0 aliphatic carbocycles. The van der Waals surface area contributed by atoms with Gasteiger partial charge >= 0.3 is 0 Å². The van der Waals surface area contributed by atoms with Crippen molar-refractivity contribution < 1.29 is 19.1 Å². The van der Waals surface area contributed by atoms with E-state index in [1.165, 1.54) is 0 Å². The third-order valence-electron chi connectivity index (χ3n) is 5.07. The van der Waals surface area contributed by atoms with E-state index in [1.54, 1.807) is 48.5 Å². The number of hydrogen-bond donors (Lipinski definition) is 2. The van der Waals surface area contributed by atoms with E-state index in [1.807, 2.05) is 0 Å². The smallest absolute Gasteiger partial charge is 0.220 e. The van der Waals surface area contributed by atoms with Gasteiger partial charge in [-0.3, -0.25) is 9.59 Å². The molecule has 0 aliphatic rings. The predicted octanol–water partition coefficient (Wildman–Crippen LogP) is 5.80. The normalized spacial score (nSPS) is 10.5. The van der Waals surface area contributed by atoms with Crippen LogP contribution in [0.25, 0.3) is 0 Å². The molecule has 0 bridgehead atoms. The van der Waals surface area contributed by atoms with E-state index in [-0.39, 0.29) is 11.8 Å². The summed E-state index contributed by atoms with van der Waals surface area (Å²) in [4.78, 5) is 23.7. The first-order valence-electron chi connectivity index (χ1n) is 11.8. The van der Waals surface area contributed by atoms with Crippen molar-refractivity contribution in [3.8, 4) is 11.5 Å². The molecule has 0 aromatic heterocycles. The van der Waals surface area contributed by atoms with Gasteiger partial charge in [-0.1, -0.05) is 48.9 Å². The Morgan fingerprint density at radius 1 is 0.588 bits per heavy atom. The number of carbonyl (C=O) groups is 2. The highest BCUT2D eigenvalue weighted by Crippen LogP contribution is 2.16. The molecule has 0 saturated carbocycles. The number of ether oxygens (including phenoxy) is 2. The molecule has 0 radical (unpaired) electrons. The molecule has 2 aromatic carbocycles. The second-order valence-corrected chi connectivity index (χ2v) is 8.80. The van der Waals surface area contributed by atoms with Crippen molar-refractivity contribution in [2.75, 3.05) is 26.3 Å². The van der Waals surface area contributed by atoms with Gasteiger partial charge in [0, 0.05) is 22.9 Å². The van der Waals surface area contributed by atoms with Crippen molar-refractivity contribution in [2.24, 2.45) is 0 Å². The van der Waals surface area contributed by atoms with E-state index >= 15 is 0 Å². The Morgan fingerprint density at radius 2 is 0.941 bits per heavy atom. The summed E-state index contributed by atoms with van der Waals surface area (Å²) in [6.07, 6.45) is 6.98. The highest BCUT2D eigenvalue weighted by Gasteiger charge is 2.03. The summed E-state index contributed by atoms with van der Waals surface area (Å²) in [7, 11) is 0. The highest BCUT2D eigenvalue weighted by molar-refractivity contribution is 6.30. The van der Waals surface area contributed by atoms with E-state index in [2.05, 4.69) is 10.6 Å². The van der Waals surface area contributed by atoms with Crippen LogP contribution in [0.5, 0.6) is 11.5 Å². The summed E-state index contributed by atoms with van der Waals surface area (Å²) in [6.45, 7) is 1.82. The van der Waals surface area contributed by atoms with Crippen molar-refractivity contribution in [3.05, 3.63) is 58.6 Å². The molecule has 2 N–H and O–H groups in total. The molecule has 0 unspecified atom stereocenters. The fourth-order valence-corrected chi connectivity index (χ4v) is 3.49. The van der Waals surface area contributed by atoms with Crippen LogP contribution >= 0.6 is 23.2 Å². The van der Waals surface area contributed by atoms with Crippen LogP contribution in [0.3, 0.4) is 0 Å². The van der Waals surface area contributed by atoms with Crippen molar-refractivity contribution >= 4 is 35.0 Å². The quantitative estimate of drug-likeness (QED) is 0.264. The number of halogens is 2. The van der Waals surface area contributed by atoms with Gasteiger partial charge in [0.1, 0.15) is 24.7 Å². The lowest BCUT2D eigenvalue weighted by atomic mass is 10.1. The summed E-state index contributed by atoms with van der Waals surface area (Å²) in [6, 6.07) is 14.3. The minimum Gasteiger partial charge on any atom is -0.492 e. The third kappa shape index (κ3) is 13.3. The molecule has 0 aliphatic heterocycles. The number of nitrogens with one attached hydrogen (secondary N) is 2. The second kappa shape index (κ2) is 17.1. The molecular formula is C26H34Cl2N2O4. The van der Waals surface area contributed by atoms with Gasteiger partial charge < -0.3 is 20.1 Å². The molecule has 6 nitrogen and oxygen atoms in total. The summed E-state index contributed by atoms with van der Waals surface area (Å²) in [5.41, 5.74) is 0. The first-order valence-corrected chi connectivity index (χ1v) is 12.6. The number of unbranched alkanes of at least 4 members (excludes halogenated alkanes) is 5. The van der Waals surface area contributed by atoms with Crippen molar-refractivity contribution in [1.82, 2.24) is 10.6 Å². The lowest BCUT2D eigenvalue weighted by Gasteiger charge is -2.08. The first kappa shape index (κ1) is 27.8. The Labute approximate surface area is 212 Å². The fourth-order valence-electron chi connectivity index (χ4n) is 3.24. The van der Waals surface area contributed by atoms with Crippen LogP contribution in [0.2, 0.25) is 10.0 Å². The van der Waals surface area contributed by atoms with Crippen LogP contribution in [-0.4, -0.2) is 38.1 Å². The Bertz CT molecular complexity index is 773. The zero-order valence-electron chi connectivity index (χ0n) is 19.5. The van der Waals surface area contributed by atoms with Crippen LogP contribution in [-0.2, 0) is 9.59 Å². The summed E-state index contributed by atoms with van der Waals surface area (Å²) < 4.78 is 11.1. The number of amides is 2. The number of carbonyl (C=O) groups excluding carboxylic acids is 2. The lowest BCUT2D eigenvalue weighted by molar-refractivity contribution is -0.122. The Hall–Kier alpha value is -2.44. The maximum atomic E-state index is 11.9. The van der Waals surface area contributed by atoms with Crippen LogP contribution in [0.15, 0.2) is 48.5 Å². The third-order valence-corrected chi connectivity index (χ3v) is 5.57. The molecule has 0 spiro atoms. The van der Waals surface area contributed by atoms with E-state index < -0.39 is 0 Å². The zero-order chi connectivity index (χ0) is 24.4. The van der Waals surface area contributed by atoms with Crippen LogP contribution < -0.4 is 20.1 Å². The fraction of sp³-hybridized carbons (Fsp3) is 0.462. The van der Waals surface area contributed by atoms with Crippen LogP contribution in [0.4, 0.5) is 0 Å². The van der Waals surface area contributed by atoms with E-state index in [4.69, 9.17) is 32.7 Å². The average Bonchev–Trinajstić information content (AvgIpc) is 2.83. The number of hydrogen-bond acceptors (Lipinski definition) is 4. The maximum absolute atomic E-state index is 11.9. The minimum absolute atomic E-state index is 0.0522. The molecule has 2 rings (SSSR count). The Kier molecular flexibility index (Phi) is 14.0. The number of rotatable bonds is 17. The van der Waals surface area contributed by atoms with Crippen molar-refractivity contribution in [2.45, 2.75) is 51.4 Å². The van der Waals surface area contributed by atoms with Crippen LogP contribution in [0.1, 0.15) is 51.4 Å². The SMILES string of the molecule is O=C(CCCCCCCCC(=O)NCCOc1ccc(Cl)cc1)NCCOc1ccc(Cl)cc1. The Morgan fingerprint density at radius 3 is 1.32 bits per heavy atom. The standard InChI is InChI=1S/C26H34Cl2N2O4/c27-21-9-13-23(14-10-21)33-19-17-29-25(31)7-5-3-1-2-4-6-8-26(32)30-18-20-34-24-15-11-22(28)12-16-24/h9-16H,1-8,17-20H2,(H,29,31)(H,30,32). The van der Waals surface area contributed by atoms with Gasteiger partial charge in [-0.05, 0) is 61.4 Å². The van der Waals surface area contributed by atoms with E-state index in [0.29, 0.717) is 49.2 Å². The molecule has 0 atom stereocenters. The molecule has 0 heterocycles. The molecule has 2 aromatic rings. The molecule has 34 heavy (non-hydrogen) atoms. The van der Waals surface area contributed by atoms with E-state index in [0.717, 1.165) is 50.0 Å². The Balaban J connectivity index is 1.34. The first-order chi connectivity index (χ1) is 16.5. The lowest BCUT2D eigenvalue weighted by Crippen LogP contribution is -2.27. The predicted molar refractivity (Wildman–Crippen MR) is 137 cm³/mol. The van der Waals surface area contributed by atoms with Gasteiger partial charge in [0.05, 0.1) is 13.1 Å². The van der Waals surface area contributed by atoms with Crippen molar-refractivity contribution in [3.63, 3.8) is 0 Å². The second-order valence-electron chi connectivity index (χ2n) is 7.93. The topological polar surface area (TPSA) is 76.7 Å². The minimum atomic E-state index is 0.0522. The monoisotopic (exact) mass is 508 g/mol. The van der Waals surface area contributed by atoms with Gasteiger partial charge in [0.25, 0.3) is 0 Å². The molecule has 8 heteroatoms.